The maximum Gasteiger partial charge on any atom is 0.168 e. The molecule has 3 heteroatoms. The number of aldehydes is 1. The summed E-state index contributed by atoms with van der Waals surface area (Å²) in [6.45, 7) is 1.90. The van der Waals surface area contributed by atoms with Gasteiger partial charge in [0.25, 0.3) is 0 Å². The van der Waals surface area contributed by atoms with E-state index in [0.717, 1.165) is 30.6 Å². The molecule has 1 aliphatic carbocycles. The van der Waals surface area contributed by atoms with Crippen LogP contribution in [-0.2, 0) is 6.42 Å². The van der Waals surface area contributed by atoms with Crippen LogP contribution in [0.4, 0.5) is 0 Å². The fourth-order valence-electron chi connectivity index (χ4n) is 2.66. The van der Waals surface area contributed by atoms with Crippen molar-refractivity contribution in [1.82, 2.24) is 9.97 Å². The molecular weight excluding hydrogens is 224 g/mol. The van der Waals surface area contributed by atoms with E-state index in [0.29, 0.717) is 5.69 Å². The highest BCUT2D eigenvalue weighted by Crippen LogP contribution is 2.36. The van der Waals surface area contributed by atoms with Crippen LogP contribution in [0.5, 0.6) is 0 Å². The third kappa shape index (κ3) is 1.82. The normalized spacial score (nSPS) is 17.5. The second kappa shape index (κ2) is 4.33. The molecule has 0 aliphatic heterocycles. The third-order valence-corrected chi connectivity index (χ3v) is 3.46. The lowest BCUT2D eigenvalue weighted by Crippen LogP contribution is -2.06. The summed E-state index contributed by atoms with van der Waals surface area (Å²) in [5.41, 5.74) is 4.01. The Balaban J connectivity index is 2.07. The van der Waals surface area contributed by atoms with Crippen molar-refractivity contribution in [3.63, 3.8) is 0 Å². The highest BCUT2D eigenvalue weighted by molar-refractivity contribution is 5.71. The maximum absolute atomic E-state index is 10.9. The van der Waals surface area contributed by atoms with Crippen molar-refractivity contribution in [3.8, 4) is 0 Å². The van der Waals surface area contributed by atoms with Crippen LogP contribution in [-0.4, -0.2) is 16.3 Å². The molecule has 0 N–H and O–H groups in total. The molecule has 2 aromatic rings. The first-order valence-electron chi connectivity index (χ1n) is 6.16. The predicted molar refractivity (Wildman–Crippen MR) is 68.8 cm³/mol. The van der Waals surface area contributed by atoms with Gasteiger partial charge in [0.1, 0.15) is 11.5 Å². The molecule has 1 aromatic carbocycles. The minimum absolute atomic E-state index is 0.236. The van der Waals surface area contributed by atoms with Crippen molar-refractivity contribution in [3.05, 3.63) is 58.7 Å². The minimum atomic E-state index is 0.236. The van der Waals surface area contributed by atoms with Gasteiger partial charge in [0.15, 0.2) is 6.29 Å². The van der Waals surface area contributed by atoms with Gasteiger partial charge in [-0.3, -0.25) is 4.79 Å². The minimum Gasteiger partial charge on any atom is -0.296 e. The second-order valence-corrected chi connectivity index (χ2v) is 4.70. The molecule has 1 heterocycles. The number of carbonyl (C=O) groups is 1. The quantitative estimate of drug-likeness (QED) is 0.755. The molecule has 3 rings (SSSR count). The average molecular weight is 238 g/mol. The van der Waals surface area contributed by atoms with Crippen molar-refractivity contribution >= 4 is 6.29 Å². The molecule has 0 spiro atoms. The van der Waals surface area contributed by atoms with Gasteiger partial charge in [-0.05, 0) is 37.0 Å². The van der Waals surface area contributed by atoms with Gasteiger partial charge in [0, 0.05) is 11.6 Å². The monoisotopic (exact) mass is 238 g/mol. The van der Waals surface area contributed by atoms with Crippen LogP contribution in [0.3, 0.4) is 0 Å². The van der Waals surface area contributed by atoms with E-state index in [-0.39, 0.29) is 5.92 Å². The molecule has 0 saturated heterocycles. The van der Waals surface area contributed by atoms with Crippen LogP contribution < -0.4 is 0 Å². The third-order valence-electron chi connectivity index (χ3n) is 3.46. The summed E-state index contributed by atoms with van der Waals surface area (Å²) >= 11 is 0. The number of hydrogen-bond donors (Lipinski definition) is 0. The first kappa shape index (κ1) is 11.1. The SMILES string of the molecule is Cc1cc(C=O)nc(C2CCc3ccccc32)n1. The maximum atomic E-state index is 10.9. The molecule has 3 nitrogen and oxygen atoms in total. The second-order valence-electron chi connectivity index (χ2n) is 4.70. The lowest BCUT2D eigenvalue weighted by Gasteiger charge is -2.11. The summed E-state index contributed by atoms with van der Waals surface area (Å²) in [6, 6.07) is 10.1. The number of rotatable bonds is 2. The van der Waals surface area contributed by atoms with E-state index in [2.05, 4.69) is 28.2 Å². The van der Waals surface area contributed by atoms with E-state index in [9.17, 15) is 4.79 Å². The van der Waals surface area contributed by atoms with Crippen molar-refractivity contribution in [2.24, 2.45) is 0 Å². The Labute approximate surface area is 106 Å². The molecule has 18 heavy (non-hydrogen) atoms. The van der Waals surface area contributed by atoms with Gasteiger partial charge in [-0.2, -0.15) is 0 Å². The summed E-state index contributed by atoms with van der Waals surface area (Å²) < 4.78 is 0. The van der Waals surface area contributed by atoms with E-state index < -0.39 is 0 Å². The predicted octanol–water partition coefficient (Wildman–Crippen LogP) is 2.68. The first-order valence-corrected chi connectivity index (χ1v) is 6.16. The van der Waals surface area contributed by atoms with Crippen LogP contribution in [0.25, 0.3) is 0 Å². The van der Waals surface area contributed by atoms with E-state index in [1.165, 1.54) is 11.1 Å². The first-order chi connectivity index (χ1) is 8.78. The average Bonchev–Trinajstić information content (AvgIpc) is 2.81. The largest absolute Gasteiger partial charge is 0.296 e. The Morgan fingerprint density at radius 3 is 2.94 bits per heavy atom. The molecule has 0 radical (unpaired) electrons. The van der Waals surface area contributed by atoms with Crippen molar-refractivity contribution in [2.75, 3.05) is 0 Å². The molecule has 1 atom stereocenters. The van der Waals surface area contributed by atoms with Crippen LogP contribution >= 0.6 is 0 Å². The van der Waals surface area contributed by atoms with Crippen LogP contribution in [0, 0.1) is 6.92 Å². The van der Waals surface area contributed by atoms with Crippen LogP contribution in [0.1, 0.15) is 45.5 Å². The Bertz CT molecular complexity index is 607. The molecule has 1 aromatic heterocycles. The molecule has 90 valence electrons. The lowest BCUT2D eigenvalue weighted by molar-refractivity contribution is 0.111. The number of benzene rings is 1. The summed E-state index contributed by atoms with van der Waals surface area (Å²) in [4.78, 5) is 19.7. The molecule has 0 amide bonds. The smallest absolute Gasteiger partial charge is 0.168 e. The summed E-state index contributed by atoms with van der Waals surface area (Å²) in [7, 11) is 0. The molecular formula is C15H14N2O. The summed E-state index contributed by atoms with van der Waals surface area (Å²) in [6.07, 6.45) is 2.88. The van der Waals surface area contributed by atoms with Crippen molar-refractivity contribution < 1.29 is 4.79 Å². The van der Waals surface area contributed by atoms with Gasteiger partial charge in [-0.1, -0.05) is 24.3 Å². The van der Waals surface area contributed by atoms with Gasteiger partial charge in [-0.25, -0.2) is 9.97 Å². The summed E-state index contributed by atoms with van der Waals surface area (Å²) in [5, 5.41) is 0. The van der Waals surface area contributed by atoms with E-state index >= 15 is 0 Å². The molecule has 1 aliphatic rings. The number of hydrogen-bond acceptors (Lipinski definition) is 3. The Hall–Kier alpha value is -2.03. The topological polar surface area (TPSA) is 42.9 Å². The summed E-state index contributed by atoms with van der Waals surface area (Å²) in [5.74, 6) is 1.02. The Morgan fingerprint density at radius 1 is 1.28 bits per heavy atom. The molecule has 0 fully saturated rings. The van der Waals surface area contributed by atoms with E-state index in [4.69, 9.17) is 0 Å². The zero-order valence-corrected chi connectivity index (χ0v) is 10.3. The number of aromatic nitrogens is 2. The highest BCUT2D eigenvalue weighted by Gasteiger charge is 2.26. The molecule has 0 saturated carbocycles. The Morgan fingerprint density at radius 2 is 2.11 bits per heavy atom. The number of fused-ring (bicyclic) bond motifs is 1. The zero-order chi connectivity index (χ0) is 12.5. The number of carbonyl (C=O) groups excluding carboxylic acids is 1. The van der Waals surface area contributed by atoms with Gasteiger partial charge < -0.3 is 0 Å². The van der Waals surface area contributed by atoms with Gasteiger partial charge >= 0.3 is 0 Å². The number of aryl methyl sites for hydroxylation is 2. The fraction of sp³-hybridized carbons (Fsp3) is 0.267. The number of nitrogens with zero attached hydrogens (tertiary/aromatic N) is 2. The molecule has 1 unspecified atom stereocenters. The van der Waals surface area contributed by atoms with E-state index in [1.54, 1.807) is 6.07 Å². The van der Waals surface area contributed by atoms with Crippen LogP contribution in [0.2, 0.25) is 0 Å². The van der Waals surface area contributed by atoms with Crippen LogP contribution in [0.15, 0.2) is 30.3 Å². The van der Waals surface area contributed by atoms with E-state index in [1.807, 2.05) is 13.0 Å². The van der Waals surface area contributed by atoms with Gasteiger partial charge in [0.2, 0.25) is 0 Å². The highest BCUT2D eigenvalue weighted by atomic mass is 16.1. The Kier molecular flexibility index (Phi) is 2.67. The lowest BCUT2D eigenvalue weighted by atomic mass is 10.0. The van der Waals surface area contributed by atoms with Crippen molar-refractivity contribution in [2.45, 2.75) is 25.7 Å². The van der Waals surface area contributed by atoms with Gasteiger partial charge in [0.05, 0.1) is 0 Å². The molecule has 0 bridgehead atoms. The van der Waals surface area contributed by atoms with Gasteiger partial charge in [-0.15, -0.1) is 0 Å². The fourth-order valence-corrected chi connectivity index (χ4v) is 2.66. The zero-order valence-electron chi connectivity index (χ0n) is 10.3. The van der Waals surface area contributed by atoms with Crippen molar-refractivity contribution in [1.29, 1.82) is 0 Å². The standard InChI is InChI=1S/C15H14N2O/c1-10-8-12(9-18)17-15(16-10)14-7-6-11-4-2-3-5-13(11)14/h2-5,8-9,14H,6-7H2,1H3.